The van der Waals surface area contributed by atoms with Crippen LogP contribution in [0.15, 0.2) is 12.4 Å². The van der Waals surface area contributed by atoms with Crippen molar-refractivity contribution in [3.8, 4) is 0 Å². The van der Waals surface area contributed by atoms with Crippen molar-refractivity contribution in [3.05, 3.63) is 12.4 Å². The maximum Gasteiger partial charge on any atom is 0.0719 e. The fourth-order valence-electron chi connectivity index (χ4n) is 1.29. The van der Waals surface area contributed by atoms with Crippen LogP contribution in [-0.2, 0) is 20.8 Å². The van der Waals surface area contributed by atoms with Gasteiger partial charge in [0.2, 0.25) is 0 Å². The van der Waals surface area contributed by atoms with Crippen molar-refractivity contribution in [3.63, 3.8) is 0 Å². The Morgan fingerprint density at radius 3 is 2.59 bits per heavy atom. The molecule has 0 unspecified atom stereocenters. The van der Waals surface area contributed by atoms with Crippen LogP contribution in [0.1, 0.15) is 6.42 Å². The molecule has 98 valence electrons. The van der Waals surface area contributed by atoms with Crippen LogP contribution in [0.2, 0.25) is 0 Å². The first-order chi connectivity index (χ1) is 8.33. The predicted molar refractivity (Wildman–Crippen MR) is 64.8 cm³/mol. The topological polar surface area (TPSA) is 71.5 Å². The minimum Gasteiger partial charge on any atom is -0.396 e. The highest BCUT2D eigenvalue weighted by Crippen LogP contribution is 1.97. The fourth-order valence-corrected chi connectivity index (χ4v) is 1.29. The van der Waals surface area contributed by atoms with E-state index in [1.807, 2.05) is 0 Å². The van der Waals surface area contributed by atoms with E-state index in [0.717, 1.165) is 13.0 Å². The second kappa shape index (κ2) is 8.98. The van der Waals surface area contributed by atoms with Gasteiger partial charge in [0.25, 0.3) is 0 Å². The summed E-state index contributed by atoms with van der Waals surface area (Å²) in [5.41, 5.74) is 6.21. The molecule has 0 amide bonds. The molecule has 0 aliphatic carbocycles. The molecule has 0 spiro atoms. The standard InChI is InChI=1S/C11H21N3O3/c1-15-4-2-5-16-7-8-17-6-3-14-10-11(12)9-13-14/h9-10H,2-8,12H2,1H3. The number of nitrogen functional groups attached to an aromatic ring is 1. The van der Waals surface area contributed by atoms with Crippen LogP contribution in [-0.4, -0.2) is 49.9 Å². The van der Waals surface area contributed by atoms with Crippen LogP contribution in [0.4, 0.5) is 5.69 Å². The number of anilines is 1. The Kier molecular flexibility index (Phi) is 7.37. The molecular formula is C11H21N3O3. The average Bonchev–Trinajstić information content (AvgIpc) is 2.73. The van der Waals surface area contributed by atoms with E-state index >= 15 is 0 Å². The molecule has 0 radical (unpaired) electrons. The highest BCUT2D eigenvalue weighted by molar-refractivity contribution is 5.30. The van der Waals surface area contributed by atoms with Gasteiger partial charge >= 0.3 is 0 Å². The van der Waals surface area contributed by atoms with Crippen molar-refractivity contribution >= 4 is 5.69 Å². The average molecular weight is 243 g/mol. The summed E-state index contributed by atoms with van der Waals surface area (Å²) in [6.07, 6.45) is 4.33. The molecule has 1 aromatic heterocycles. The number of aromatic nitrogens is 2. The van der Waals surface area contributed by atoms with Crippen LogP contribution >= 0.6 is 0 Å². The molecule has 17 heavy (non-hydrogen) atoms. The van der Waals surface area contributed by atoms with E-state index in [2.05, 4.69) is 5.10 Å². The fraction of sp³-hybridized carbons (Fsp3) is 0.727. The number of hydrogen-bond donors (Lipinski definition) is 1. The minimum atomic E-state index is 0.601. The van der Waals surface area contributed by atoms with Gasteiger partial charge < -0.3 is 19.9 Å². The Morgan fingerprint density at radius 1 is 1.18 bits per heavy atom. The Balaban J connectivity index is 1.84. The Morgan fingerprint density at radius 2 is 1.94 bits per heavy atom. The Bertz CT molecular complexity index is 291. The SMILES string of the molecule is COCCCOCCOCCn1cc(N)cn1. The van der Waals surface area contributed by atoms with Crippen molar-refractivity contribution in [2.24, 2.45) is 0 Å². The van der Waals surface area contributed by atoms with Gasteiger partial charge in [0.1, 0.15) is 0 Å². The van der Waals surface area contributed by atoms with E-state index in [1.54, 1.807) is 24.2 Å². The van der Waals surface area contributed by atoms with E-state index < -0.39 is 0 Å². The first-order valence-corrected chi connectivity index (χ1v) is 5.75. The van der Waals surface area contributed by atoms with Crippen LogP contribution < -0.4 is 5.73 Å². The highest BCUT2D eigenvalue weighted by atomic mass is 16.5. The molecule has 6 nitrogen and oxygen atoms in total. The predicted octanol–water partition coefficient (Wildman–Crippen LogP) is 0.535. The third-order valence-electron chi connectivity index (χ3n) is 2.13. The van der Waals surface area contributed by atoms with Gasteiger partial charge in [0.05, 0.1) is 38.2 Å². The number of rotatable bonds is 10. The highest BCUT2D eigenvalue weighted by Gasteiger charge is 1.94. The zero-order chi connectivity index (χ0) is 12.3. The minimum absolute atomic E-state index is 0.601. The van der Waals surface area contributed by atoms with Crippen molar-refractivity contribution in [1.29, 1.82) is 0 Å². The second-order valence-corrected chi connectivity index (χ2v) is 3.61. The molecule has 0 aliphatic rings. The van der Waals surface area contributed by atoms with Crippen molar-refractivity contribution in [2.75, 3.05) is 45.9 Å². The second-order valence-electron chi connectivity index (χ2n) is 3.61. The molecule has 0 bridgehead atoms. The smallest absolute Gasteiger partial charge is 0.0719 e. The molecule has 0 saturated carbocycles. The van der Waals surface area contributed by atoms with Crippen LogP contribution in [0.5, 0.6) is 0 Å². The summed E-state index contributed by atoms with van der Waals surface area (Å²) < 4.78 is 17.4. The zero-order valence-corrected chi connectivity index (χ0v) is 10.3. The van der Waals surface area contributed by atoms with Crippen molar-refractivity contribution < 1.29 is 14.2 Å². The molecule has 0 aliphatic heterocycles. The molecule has 1 rings (SSSR count). The molecule has 1 aromatic rings. The Labute approximate surface area is 102 Å². The van der Waals surface area contributed by atoms with E-state index in [9.17, 15) is 0 Å². The first-order valence-electron chi connectivity index (χ1n) is 5.75. The maximum atomic E-state index is 5.53. The maximum absolute atomic E-state index is 5.53. The summed E-state index contributed by atoms with van der Waals surface area (Å²) in [5.74, 6) is 0. The third-order valence-corrected chi connectivity index (χ3v) is 2.13. The summed E-state index contributed by atoms with van der Waals surface area (Å²) in [5, 5.41) is 4.05. The molecule has 0 saturated heterocycles. The van der Waals surface area contributed by atoms with Crippen molar-refractivity contribution in [1.82, 2.24) is 9.78 Å². The Hall–Kier alpha value is -1.11. The lowest BCUT2D eigenvalue weighted by molar-refractivity contribution is 0.0367. The van der Waals surface area contributed by atoms with Gasteiger partial charge in [-0.25, -0.2) is 0 Å². The van der Waals surface area contributed by atoms with Gasteiger partial charge in [-0.05, 0) is 6.42 Å². The van der Waals surface area contributed by atoms with Crippen LogP contribution in [0.3, 0.4) is 0 Å². The van der Waals surface area contributed by atoms with Gasteiger partial charge in [0.15, 0.2) is 0 Å². The lowest BCUT2D eigenvalue weighted by atomic mass is 10.5. The number of methoxy groups -OCH3 is 1. The van der Waals surface area contributed by atoms with Gasteiger partial charge in [-0.2, -0.15) is 5.10 Å². The van der Waals surface area contributed by atoms with Crippen molar-refractivity contribution in [2.45, 2.75) is 13.0 Å². The summed E-state index contributed by atoms with van der Waals surface area (Å²) in [6, 6.07) is 0. The summed E-state index contributed by atoms with van der Waals surface area (Å²) in [6.45, 7) is 3.99. The number of nitrogens with two attached hydrogens (primary N) is 1. The van der Waals surface area contributed by atoms with E-state index in [4.69, 9.17) is 19.9 Å². The lowest BCUT2D eigenvalue weighted by Crippen LogP contribution is -2.11. The molecule has 2 N–H and O–H groups in total. The van der Waals surface area contributed by atoms with E-state index in [1.165, 1.54) is 0 Å². The summed E-state index contributed by atoms with van der Waals surface area (Å²) >= 11 is 0. The number of hydrogen-bond acceptors (Lipinski definition) is 5. The quantitative estimate of drug-likeness (QED) is 0.607. The summed E-state index contributed by atoms with van der Waals surface area (Å²) in [4.78, 5) is 0. The molecule has 0 fully saturated rings. The normalized spacial score (nSPS) is 10.9. The molecule has 6 heteroatoms. The van der Waals surface area contributed by atoms with E-state index in [0.29, 0.717) is 38.7 Å². The van der Waals surface area contributed by atoms with Crippen LogP contribution in [0, 0.1) is 0 Å². The van der Waals surface area contributed by atoms with Crippen LogP contribution in [0.25, 0.3) is 0 Å². The monoisotopic (exact) mass is 243 g/mol. The number of ether oxygens (including phenoxy) is 3. The summed E-state index contributed by atoms with van der Waals surface area (Å²) in [7, 11) is 1.69. The largest absolute Gasteiger partial charge is 0.396 e. The molecular weight excluding hydrogens is 222 g/mol. The van der Waals surface area contributed by atoms with Gasteiger partial charge in [-0.15, -0.1) is 0 Å². The molecule has 1 heterocycles. The molecule has 0 atom stereocenters. The lowest BCUT2D eigenvalue weighted by Gasteiger charge is -2.05. The van der Waals surface area contributed by atoms with Gasteiger partial charge in [-0.1, -0.05) is 0 Å². The third kappa shape index (κ3) is 6.93. The first kappa shape index (κ1) is 14.0. The zero-order valence-electron chi connectivity index (χ0n) is 10.3. The van der Waals surface area contributed by atoms with Gasteiger partial charge in [0, 0.05) is 26.5 Å². The molecule has 0 aromatic carbocycles. The number of nitrogens with zero attached hydrogens (tertiary/aromatic N) is 2. The van der Waals surface area contributed by atoms with Gasteiger partial charge in [-0.3, -0.25) is 4.68 Å². The van der Waals surface area contributed by atoms with E-state index in [-0.39, 0.29) is 0 Å².